The smallest absolute Gasteiger partial charge is 0.295 e. The summed E-state index contributed by atoms with van der Waals surface area (Å²) >= 11 is 0. The van der Waals surface area contributed by atoms with E-state index in [0.717, 1.165) is 16.7 Å². The summed E-state index contributed by atoms with van der Waals surface area (Å²) in [5.74, 6) is -0.811. The first kappa shape index (κ1) is 24.3. The molecule has 1 amide bonds. The Labute approximate surface area is 206 Å². The zero-order valence-electron chi connectivity index (χ0n) is 20.6. The first-order valence-corrected chi connectivity index (χ1v) is 11.8. The van der Waals surface area contributed by atoms with Gasteiger partial charge in [-0.25, -0.2) is 0 Å². The molecule has 1 aliphatic heterocycles. The van der Waals surface area contributed by atoms with Gasteiger partial charge in [0.2, 0.25) is 0 Å². The third-order valence-corrected chi connectivity index (χ3v) is 6.48. The number of Topliss-reactive ketones (excluding diaryl/α,β-unsaturated/α-hetero) is 1. The largest absolute Gasteiger partial charge is 0.507 e. The Morgan fingerprint density at radius 2 is 1.54 bits per heavy atom. The molecule has 1 N–H and O–H groups in total. The van der Waals surface area contributed by atoms with Crippen LogP contribution in [0.5, 0.6) is 5.75 Å². The Kier molecular flexibility index (Phi) is 6.79. The van der Waals surface area contributed by atoms with Gasteiger partial charge in [-0.15, -0.1) is 0 Å². The van der Waals surface area contributed by atoms with Gasteiger partial charge in [-0.05, 0) is 52.8 Å². The number of likely N-dealkylation sites (tertiary alicyclic amines) is 1. The molecular formula is C30H31NO4. The second-order valence-electron chi connectivity index (χ2n) is 9.83. The molecule has 1 saturated heterocycles. The summed E-state index contributed by atoms with van der Waals surface area (Å²) in [5.41, 5.74) is 3.56. The molecule has 1 fully saturated rings. The second-order valence-corrected chi connectivity index (χ2v) is 9.83. The Hall–Kier alpha value is -3.86. The number of ether oxygens (including phenoxy) is 1. The molecular weight excluding hydrogens is 438 g/mol. The zero-order chi connectivity index (χ0) is 25.2. The van der Waals surface area contributed by atoms with Crippen LogP contribution in [0.1, 0.15) is 49.1 Å². The maximum Gasteiger partial charge on any atom is 0.295 e. The number of amides is 1. The van der Waals surface area contributed by atoms with Crippen LogP contribution >= 0.6 is 0 Å². The van der Waals surface area contributed by atoms with E-state index in [1.807, 2.05) is 54.6 Å². The molecule has 0 aromatic heterocycles. The summed E-state index contributed by atoms with van der Waals surface area (Å²) in [6, 6.07) is 23.9. The molecule has 1 unspecified atom stereocenters. The standard InChI is InChI=1S/C30H31NO4/c1-30(2,3)23-14-10-21(11-15-23)26-25(27(32)22-12-16-24(35-4)17-13-22)28(33)29(34)31(26)19-18-20-8-6-5-7-9-20/h5-17,26,32H,18-19H2,1-4H3. The number of aliphatic hydroxyl groups is 1. The first-order chi connectivity index (χ1) is 16.7. The minimum Gasteiger partial charge on any atom is -0.507 e. The first-order valence-electron chi connectivity index (χ1n) is 11.8. The van der Waals surface area contributed by atoms with Crippen LogP contribution in [0, 0.1) is 0 Å². The average Bonchev–Trinajstić information content (AvgIpc) is 3.12. The summed E-state index contributed by atoms with van der Waals surface area (Å²) in [6.07, 6.45) is 0.604. The highest BCUT2D eigenvalue weighted by Gasteiger charge is 2.45. The van der Waals surface area contributed by atoms with Gasteiger partial charge in [-0.3, -0.25) is 9.59 Å². The number of hydrogen-bond acceptors (Lipinski definition) is 4. The lowest BCUT2D eigenvalue weighted by Gasteiger charge is -2.26. The fraction of sp³-hybridized carbons (Fsp3) is 0.267. The van der Waals surface area contributed by atoms with E-state index < -0.39 is 17.7 Å². The van der Waals surface area contributed by atoms with Crippen molar-refractivity contribution in [3.05, 3.63) is 107 Å². The van der Waals surface area contributed by atoms with Gasteiger partial charge in [0.15, 0.2) is 0 Å². The monoisotopic (exact) mass is 469 g/mol. The van der Waals surface area contributed by atoms with Gasteiger partial charge in [-0.2, -0.15) is 0 Å². The maximum atomic E-state index is 13.2. The van der Waals surface area contributed by atoms with Crippen molar-refractivity contribution >= 4 is 17.4 Å². The number of hydrogen-bond donors (Lipinski definition) is 1. The lowest BCUT2D eigenvalue weighted by atomic mass is 9.85. The lowest BCUT2D eigenvalue weighted by Crippen LogP contribution is -2.31. The van der Waals surface area contributed by atoms with Gasteiger partial charge in [0, 0.05) is 12.1 Å². The van der Waals surface area contributed by atoms with Gasteiger partial charge < -0.3 is 14.7 Å². The predicted octanol–water partition coefficient (Wildman–Crippen LogP) is 5.66. The highest BCUT2D eigenvalue weighted by Crippen LogP contribution is 2.40. The molecule has 1 heterocycles. The zero-order valence-corrected chi connectivity index (χ0v) is 20.6. The van der Waals surface area contributed by atoms with Crippen molar-refractivity contribution in [1.29, 1.82) is 0 Å². The van der Waals surface area contributed by atoms with E-state index >= 15 is 0 Å². The van der Waals surface area contributed by atoms with E-state index in [2.05, 4.69) is 20.8 Å². The second kappa shape index (κ2) is 9.79. The Bertz CT molecular complexity index is 1240. The number of carbonyl (C=O) groups excluding carboxylic acids is 2. The fourth-order valence-electron chi connectivity index (χ4n) is 4.42. The van der Waals surface area contributed by atoms with E-state index in [0.29, 0.717) is 24.3 Å². The summed E-state index contributed by atoms with van der Waals surface area (Å²) in [4.78, 5) is 28.0. The maximum absolute atomic E-state index is 13.2. The van der Waals surface area contributed by atoms with Crippen LogP contribution in [-0.2, 0) is 21.4 Å². The third-order valence-electron chi connectivity index (χ3n) is 6.48. The molecule has 0 spiro atoms. The number of benzene rings is 3. The van der Waals surface area contributed by atoms with Crippen molar-refractivity contribution in [3.63, 3.8) is 0 Å². The van der Waals surface area contributed by atoms with Gasteiger partial charge in [0.25, 0.3) is 11.7 Å². The topological polar surface area (TPSA) is 66.8 Å². The lowest BCUT2D eigenvalue weighted by molar-refractivity contribution is -0.139. The summed E-state index contributed by atoms with van der Waals surface area (Å²) in [6.45, 7) is 6.77. The Morgan fingerprint density at radius 1 is 0.914 bits per heavy atom. The average molecular weight is 470 g/mol. The van der Waals surface area contributed by atoms with Crippen LogP contribution in [0.3, 0.4) is 0 Å². The fourth-order valence-corrected chi connectivity index (χ4v) is 4.42. The molecule has 0 bridgehead atoms. The number of aliphatic hydroxyl groups excluding tert-OH is 1. The van der Waals surface area contributed by atoms with Crippen LogP contribution in [0.15, 0.2) is 84.4 Å². The van der Waals surface area contributed by atoms with Crippen LogP contribution in [0.2, 0.25) is 0 Å². The van der Waals surface area contributed by atoms with Gasteiger partial charge in [-0.1, -0.05) is 75.4 Å². The SMILES string of the molecule is COc1ccc(C(O)=C2C(=O)C(=O)N(CCc3ccccc3)C2c2ccc(C(C)(C)C)cc2)cc1. The number of rotatable bonds is 6. The molecule has 180 valence electrons. The molecule has 4 rings (SSSR count). The molecule has 0 saturated carbocycles. The molecule has 35 heavy (non-hydrogen) atoms. The molecule has 0 radical (unpaired) electrons. The molecule has 5 nitrogen and oxygen atoms in total. The van der Waals surface area contributed by atoms with Crippen molar-refractivity contribution in [3.8, 4) is 5.75 Å². The van der Waals surface area contributed by atoms with E-state index in [9.17, 15) is 14.7 Å². The van der Waals surface area contributed by atoms with Crippen molar-refractivity contribution in [1.82, 2.24) is 4.90 Å². The van der Waals surface area contributed by atoms with Crippen molar-refractivity contribution in [2.24, 2.45) is 0 Å². The van der Waals surface area contributed by atoms with Crippen LogP contribution in [0.4, 0.5) is 0 Å². The highest BCUT2D eigenvalue weighted by molar-refractivity contribution is 6.46. The van der Waals surface area contributed by atoms with Crippen molar-refractivity contribution < 1.29 is 19.4 Å². The van der Waals surface area contributed by atoms with Crippen LogP contribution in [0.25, 0.3) is 5.76 Å². The van der Waals surface area contributed by atoms with Crippen LogP contribution in [-0.4, -0.2) is 35.4 Å². The Balaban J connectivity index is 1.78. The Morgan fingerprint density at radius 3 is 2.11 bits per heavy atom. The van der Waals surface area contributed by atoms with E-state index in [4.69, 9.17) is 4.74 Å². The van der Waals surface area contributed by atoms with E-state index in [1.54, 1.807) is 36.3 Å². The van der Waals surface area contributed by atoms with Crippen LogP contribution < -0.4 is 4.74 Å². The quantitative estimate of drug-likeness (QED) is 0.288. The third kappa shape index (κ3) is 4.99. The van der Waals surface area contributed by atoms with E-state index in [1.165, 1.54) is 0 Å². The molecule has 0 aliphatic carbocycles. The number of nitrogens with zero attached hydrogens (tertiary/aromatic N) is 1. The summed E-state index contributed by atoms with van der Waals surface area (Å²) < 4.78 is 5.21. The van der Waals surface area contributed by atoms with Gasteiger partial charge >= 0.3 is 0 Å². The summed E-state index contributed by atoms with van der Waals surface area (Å²) in [7, 11) is 1.56. The number of ketones is 1. The molecule has 3 aromatic rings. The molecule has 1 atom stereocenters. The number of methoxy groups -OCH3 is 1. The minimum atomic E-state index is -0.671. The highest BCUT2D eigenvalue weighted by atomic mass is 16.5. The molecule has 1 aliphatic rings. The van der Waals surface area contributed by atoms with E-state index in [-0.39, 0.29) is 16.7 Å². The van der Waals surface area contributed by atoms with Crippen molar-refractivity contribution in [2.45, 2.75) is 38.6 Å². The number of carbonyl (C=O) groups is 2. The normalized spacial score (nSPS) is 17.6. The predicted molar refractivity (Wildman–Crippen MR) is 137 cm³/mol. The van der Waals surface area contributed by atoms with Crippen molar-refractivity contribution in [2.75, 3.05) is 13.7 Å². The minimum absolute atomic E-state index is 0.0310. The van der Waals surface area contributed by atoms with Gasteiger partial charge in [0.1, 0.15) is 11.5 Å². The molecule has 5 heteroatoms. The molecule has 3 aromatic carbocycles. The summed E-state index contributed by atoms with van der Waals surface area (Å²) in [5, 5.41) is 11.2. The van der Waals surface area contributed by atoms with Gasteiger partial charge in [0.05, 0.1) is 18.7 Å².